The summed E-state index contributed by atoms with van der Waals surface area (Å²) in [6.45, 7) is 2.86. The molecule has 226 valence electrons. The number of nitrogens with zero attached hydrogens (tertiary/aromatic N) is 5. The lowest BCUT2D eigenvalue weighted by molar-refractivity contribution is 0.0933. The highest BCUT2D eigenvalue weighted by Crippen LogP contribution is 2.40. The summed E-state index contributed by atoms with van der Waals surface area (Å²) in [4.78, 5) is 38.1. The number of pyridine rings is 1. The molecule has 1 aliphatic heterocycles. The van der Waals surface area contributed by atoms with Crippen molar-refractivity contribution in [3.05, 3.63) is 72.1 Å². The van der Waals surface area contributed by atoms with E-state index in [0.717, 1.165) is 4.70 Å². The van der Waals surface area contributed by atoms with E-state index >= 15 is 0 Å². The minimum Gasteiger partial charge on any atom is -0.495 e. The molecule has 3 heterocycles. The normalized spacial score (nSPS) is 14.0. The number of carbonyl (C=O) groups is 2. The largest absolute Gasteiger partial charge is 0.495 e. The van der Waals surface area contributed by atoms with Crippen LogP contribution in [0.5, 0.6) is 11.5 Å². The van der Waals surface area contributed by atoms with E-state index in [0.29, 0.717) is 27.8 Å². The lowest BCUT2D eigenvalue weighted by Gasteiger charge is -2.33. The Morgan fingerprint density at radius 2 is 1.65 bits per heavy atom. The molecule has 2 aromatic heterocycles. The summed E-state index contributed by atoms with van der Waals surface area (Å²) in [5.41, 5.74) is 1.49. The fourth-order valence-corrected chi connectivity index (χ4v) is 7.16. The van der Waals surface area contributed by atoms with E-state index in [-0.39, 0.29) is 55.7 Å². The maximum atomic E-state index is 13.9. The van der Waals surface area contributed by atoms with E-state index in [1.54, 1.807) is 45.5 Å². The zero-order valence-electron chi connectivity index (χ0n) is 23.9. The second-order valence-corrected chi connectivity index (χ2v) is 12.4. The summed E-state index contributed by atoms with van der Waals surface area (Å²) in [7, 11) is -0.727. The van der Waals surface area contributed by atoms with E-state index in [1.165, 1.54) is 49.7 Å². The number of hydrogen-bond donors (Lipinski definition) is 0. The number of aromatic nitrogens is 2. The van der Waals surface area contributed by atoms with Gasteiger partial charge in [-0.1, -0.05) is 17.4 Å². The van der Waals surface area contributed by atoms with E-state index in [1.807, 2.05) is 12.1 Å². The summed E-state index contributed by atoms with van der Waals surface area (Å²) >= 11 is 1.28. The molecule has 0 unspecified atom stereocenters. The van der Waals surface area contributed by atoms with Crippen LogP contribution in [0, 0.1) is 0 Å². The molecule has 0 bridgehead atoms. The van der Waals surface area contributed by atoms with Gasteiger partial charge in [-0.3, -0.25) is 14.7 Å². The zero-order chi connectivity index (χ0) is 30.6. The number of anilines is 1. The smallest absolute Gasteiger partial charge is 0.409 e. The Morgan fingerprint density at radius 1 is 0.953 bits per heavy atom. The van der Waals surface area contributed by atoms with Crippen LogP contribution >= 0.6 is 11.3 Å². The maximum Gasteiger partial charge on any atom is 0.409 e. The predicted molar refractivity (Wildman–Crippen MR) is 161 cm³/mol. The molecular weight excluding hydrogens is 594 g/mol. The molecule has 12 nitrogen and oxygen atoms in total. The van der Waals surface area contributed by atoms with Crippen LogP contribution in [0.1, 0.15) is 23.0 Å². The van der Waals surface area contributed by atoms with Gasteiger partial charge in [-0.15, -0.1) is 0 Å². The van der Waals surface area contributed by atoms with Gasteiger partial charge in [-0.2, -0.15) is 4.31 Å². The van der Waals surface area contributed by atoms with Crippen molar-refractivity contribution in [2.24, 2.45) is 0 Å². The number of methoxy groups -OCH3 is 2. The first-order chi connectivity index (χ1) is 20.8. The van der Waals surface area contributed by atoms with Crippen molar-refractivity contribution in [2.45, 2.75) is 18.4 Å². The predicted octanol–water partition coefficient (Wildman–Crippen LogP) is 4.02. The van der Waals surface area contributed by atoms with Crippen LogP contribution in [0.4, 0.5) is 9.93 Å². The first-order valence-electron chi connectivity index (χ1n) is 13.5. The molecule has 1 saturated heterocycles. The molecule has 0 saturated carbocycles. The fourth-order valence-electron chi connectivity index (χ4n) is 4.67. The lowest BCUT2D eigenvalue weighted by Crippen LogP contribution is -2.50. The molecule has 4 aromatic rings. The fraction of sp³-hybridized carbons (Fsp3) is 0.310. The van der Waals surface area contributed by atoms with Gasteiger partial charge in [0.15, 0.2) is 5.13 Å². The molecule has 1 fully saturated rings. The van der Waals surface area contributed by atoms with E-state index < -0.39 is 16.1 Å². The third-order valence-electron chi connectivity index (χ3n) is 6.92. The molecule has 43 heavy (non-hydrogen) atoms. The van der Waals surface area contributed by atoms with Gasteiger partial charge in [-0.05, 0) is 55.5 Å². The monoisotopic (exact) mass is 625 g/mol. The van der Waals surface area contributed by atoms with Crippen LogP contribution in [0.25, 0.3) is 10.2 Å². The van der Waals surface area contributed by atoms with Crippen LogP contribution in [-0.2, 0) is 21.3 Å². The van der Waals surface area contributed by atoms with Gasteiger partial charge < -0.3 is 19.1 Å². The number of benzene rings is 2. The second kappa shape index (κ2) is 12.9. The number of ether oxygens (including phenoxy) is 3. The molecule has 0 N–H and O–H groups in total. The summed E-state index contributed by atoms with van der Waals surface area (Å²) in [6, 6.07) is 14.8. The number of hydrogen-bond acceptors (Lipinski definition) is 10. The average Bonchev–Trinajstić information content (AvgIpc) is 3.49. The summed E-state index contributed by atoms with van der Waals surface area (Å²) < 4.78 is 44.8. The summed E-state index contributed by atoms with van der Waals surface area (Å²) in [5.74, 6) is 0.762. The number of rotatable bonds is 9. The third kappa shape index (κ3) is 6.26. The van der Waals surface area contributed by atoms with Crippen molar-refractivity contribution < 1.29 is 32.2 Å². The Hall–Kier alpha value is -4.27. The standard InChI is InChI=1S/C29H31N5O7S2/c1-4-41-29(36)32-15-17-33(18-16-32)43(37,38)22-10-8-20(9-11-22)27(35)34(19-21-7-5-6-14-30-21)28-31-25-23(39-2)12-13-24(40-3)26(25)42-28/h5-14H,4,15-19H2,1-3H3. The van der Waals surface area contributed by atoms with E-state index in [4.69, 9.17) is 19.2 Å². The average molecular weight is 626 g/mol. The van der Waals surface area contributed by atoms with Crippen molar-refractivity contribution in [3.8, 4) is 11.5 Å². The highest BCUT2D eigenvalue weighted by atomic mass is 32.2. The minimum absolute atomic E-state index is 0.0550. The van der Waals surface area contributed by atoms with Crippen molar-refractivity contribution in [1.29, 1.82) is 0 Å². The molecule has 0 aliphatic carbocycles. The Labute approximate surface area is 253 Å². The van der Waals surface area contributed by atoms with Gasteiger partial charge in [0.2, 0.25) is 10.0 Å². The number of thiazole rings is 1. The van der Waals surface area contributed by atoms with Crippen molar-refractivity contribution in [2.75, 3.05) is 51.9 Å². The number of piperazine rings is 1. The third-order valence-corrected chi connectivity index (χ3v) is 9.93. The number of carbonyl (C=O) groups excluding carboxylic acids is 2. The highest BCUT2D eigenvalue weighted by molar-refractivity contribution is 7.89. The first kappa shape index (κ1) is 30.2. The van der Waals surface area contributed by atoms with Crippen LogP contribution in [0.15, 0.2) is 65.7 Å². The Morgan fingerprint density at radius 3 is 2.28 bits per heavy atom. The number of fused-ring (bicyclic) bond motifs is 1. The Bertz CT molecular complexity index is 1660. The molecule has 14 heteroatoms. The minimum atomic E-state index is -3.84. The lowest BCUT2D eigenvalue weighted by atomic mass is 10.2. The molecular formula is C29H31N5O7S2. The summed E-state index contributed by atoms with van der Waals surface area (Å²) in [6.07, 6.45) is 1.19. The van der Waals surface area contributed by atoms with Crippen LogP contribution in [-0.4, -0.2) is 86.6 Å². The quantitative estimate of drug-likeness (QED) is 0.271. The second-order valence-electron chi connectivity index (χ2n) is 9.47. The molecule has 2 amide bonds. The van der Waals surface area contributed by atoms with Crippen molar-refractivity contribution in [1.82, 2.24) is 19.2 Å². The van der Waals surface area contributed by atoms with Gasteiger partial charge in [-0.25, -0.2) is 18.2 Å². The van der Waals surface area contributed by atoms with Crippen LogP contribution in [0.3, 0.4) is 0 Å². The number of amides is 2. The van der Waals surface area contributed by atoms with E-state index in [9.17, 15) is 18.0 Å². The van der Waals surface area contributed by atoms with Crippen LogP contribution in [0.2, 0.25) is 0 Å². The van der Waals surface area contributed by atoms with Gasteiger partial charge in [0, 0.05) is 37.9 Å². The topological polar surface area (TPSA) is 131 Å². The first-order valence-corrected chi connectivity index (χ1v) is 15.8. The Kier molecular flexibility index (Phi) is 9.08. The van der Waals surface area contributed by atoms with Crippen molar-refractivity contribution >= 4 is 48.7 Å². The van der Waals surface area contributed by atoms with Crippen molar-refractivity contribution in [3.63, 3.8) is 0 Å². The van der Waals surface area contributed by atoms with Gasteiger partial charge in [0.05, 0.1) is 38.0 Å². The molecule has 0 radical (unpaired) electrons. The van der Waals surface area contributed by atoms with E-state index in [2.05, 4.69) is 4.98 Å². The van der Waals surface area contributed by atoms with Gasteiger partial charge in [0.25, 0.3) is 5.91 Å². The molecule has 0 spiro atoms. The van der Waals surface area contributed by atoms with Gasteiger partial charge in [0.1, 0.15) is 21.7 Å². The van der Waals surface area contributed by atoms with Gasteiger partial charge >= 0.3 is 6.09 Å². The number of sulfonamides is 1. The highest BCUT2D eigenvalue weighted by Gasteiger charge is 2.31. The molecule has 0 atom stereocenters. The summed E-state index contributed by atoms with van der Waals surface area (Å²) in [5, 5.41) is 0.407. The Balaban J connectivity index is 1.42. The molecule has 1 aliphatic rings. The van der Waals surface area contributed by atoms with Crippen LogP contribution < -0.4 is 14.4 Å². The molecule has 2 aromatic carbocycles. The zero-order valence-corrected chi connectivity index (χ0v) is 25.6. The maximum absolute atomic E-state index is 13.9. The molecule has 5 rings (SSSR count). The SMILES string of the molecule is CCOC(=O)N1CCN(S(=O)(=O)c2ccc(C(=O)N(Cc3ccccn3)c3nc4c(OC)ccc(OC)c4s3)cc2)CC1.